The fourth-order valence-corrected chi connectivity index (χ4v) is 2.57. The maximum atomic E-state index is 4.28. The Balaban J connectivity index is 1.85. The minimum Gasteiger partial charge on any atom is -0.309 e. The molecule has 3 rings (SSSR count). The van der Waals surface area contributed by atoms with Crippen LogP contribution < -0.4 is 5.32 Å². The summed E-state index contributed by atoms with van der Waals surface area (Å²) in [6.45, 7) is 5.17. The SMILES string of the molecule is Cc1ccc(-c2nnsc2CNC2CC2)cc1C. The highest BCUT2D eigenvalue weighted by Crippen LogP contribution is 2.27. The fourth-order valence-electron chi connectivity index (χ4n) is 1.96. The number of rotatable bonds is 4. The average molecular weight is 259 g/mol. The van der Waals surface area contributed by atoms with Crippen LogP contribution in [0.1, 0.15) is 28.8 Å². The Morgan fingerprint density at radius 2 is 2.11 bits per heavy atom. The van der Waals surface area contributed by atoms with E-state index in [0.717, 1.165) is 18.3 Å². The zero-order valence-corrected chi connectivity index (χ0v) is 11.5. The highest BCUT2D eigenvalue weighted by atomic mass is 32.1. The number of aryl methyl sites for hydroxylation is 2. The maximum absolute atomic E-state index is 4.28. The molecule has 0 aliphatic heterocycles. The van der Waals surface area contributed by atoms with Crippen LogP contribution in [0.15, 0.2) is 18.2 Å². The third kappa shape index (κ3) is 2.44. The van der Waals surface area contributed by atoms with Gasteiger partial charge in [0.2, 0.25) is 0 Å². The van der Waals surface area contributed by atoms with E-state index in [1.54, 1.807) is 0 Å². The summed E-state index contributed by atoms with van der Waals surface area (Å²) in [7, 11) is 0. The van der Waals surface area contributed by atoms with Crippen molar-refractivity contribution < 1.29 is 0 Å². The Labute approximate surface area is 111 Å². The van der Waals surface area contributed by atoms with Crippen molar-refractivity contribution >= 4 is 11.5 Å². The van der Waals surface area contributed by atoms with Crippen molar-refractivity contribution in [3.05, 3.63) is 34.2 Å². The van der Waals surface area contributed by atoms with Crippen LogP contribution in [0, 0.1) is 13.8 Å². The smallest absolute Gasteiger partial charge is 0.110 e. The zero-order chi connectivity index (χ0) is 12.5. The van der Waals surface area contributed by atoms with Crippen molar-refractivity contribution in [3.63, 3.8) is 0 Å². The molecule has 1 heterocycles. The molecule has 0 spiro atoms. The van der Waals surface area contributed by atoms with Crippen molar-refractivity contribution in [2.75, 3.05) is 0 Å². The summed E-state index contributed by atoms with van der Waals surface area (Å²) >= 11 is 1.50. The van der Waals surface area contributed by atoms with E-state index in [9.17, 15) is 0 Å². The van der Waals surface area contributed by atoms with Crippen molar-refractivity contribution in [2.24, 2.45) is 0 Å². The van der Waals surface area contributed by atoms with Crippen LogP contribution in [0.4, 0.5) is 0 Å². The third-order valence-corrected chi connectivity index (χ3v) is 4.19. The Hall–Kier alpha value is -1.26. The molecule has 0 unspecified atom stereocenters. The highest BCUT2D eigenvalue weighted by molar-refractivity contribution is 7.05. The van der Waals surface area contributed by atoms with E-state index in [4.69, 9.17) is 0 Å². The first-order valence-electron chi connectivity index (χ1n) is 6.36. The second-order valence-electron chi connectivity index (χ2n) is 5.00. The molecule has 3 nitrogen and oxygen atoms in total. The molecule has 1 saturated carbocycles. The molecule has 1 aromatic carbocycles. The molecule has 4 heteroatoms. The summed E-state index contributed by atoms with van der Waals surface area (Å²) in [6, 6.07) is 7.22. The number of aromatic nitrogens is 2. The van der Waals surface area contributed by atoms with Crippen LogP contribution in [-0.2, 0) is 6.54 Å². The van der Waals surface area contributed by atoms with Gasteiger partial charge in [-0.1, -0.05) is 16.6 Å². The Morgan fingerprint density at radius 3 is 2.83 bits per heavy atom. The first-order chi connectivity index (χ1) is 8.74. The van der Waals surface area contributed by atoms with E-state index in [1.807, 2.05) is 0 Å². The van der Waals surface area contributed by atoms with Gasteiger partial charge in [0.25, 0.3) is 0 Å². The summed E-state index contributed by atoms with van der Waals surface area (Å²) in [5.74, 6) is 0. The van der Waals surface area contributed by atoms with E-state index in [1.165, 1.54) is 45.9 Å². The van der Waals surface area contributed by atoms with E-state index >= 15 is 0 Å². The average Bonchev–Trinajstić information content (AvgIpc) is 3.08. The summed E-state index contributed by atoms with van der Waals surface area (Å²) in [5, 5.41) is 7.81. The molecule has 0 radical (unpaired) electrons. The quantitative estimate of drug-likeness (QED) is 0.917. The molecule has 1 fully saturated rings. The van der Waals surface area contributed by atoms with E-state index in [2.05, 4.69) is 47.0 Å². The second kappa shape index (κ2) is 4.78. The maximum Gasteiger partial charge on any atom is 0.110 e. The summed E-state index contributed by atoms with van der Waals surface area (Å²) in [4.78, 5) is 1.24. The molecular weight excluding hydrogens is 242 g/mol. The van der Waals surface area contributed by atoms with Crippen molar-refractivity contribution in [3.8, 4) is 11.3 Å². The standard InChI is InChI=1S/C14H17N3S/c1-9-3-4-11(7-10(9)2)14-13(18-17-16-14)8-15-12-5-6-12/h3-4,7,12,15H,5-6,8H2,1-2H3. The first-order valence-corrected chi connectivity index (χ1v) is 7.13. The van der Waals surface area contributed by atoms with Gasteiger partial charge in [-0.2, -0.15) is 0 Å². The molecule has 1 aliphatic rings. The molecule has 1 N–H and O–H groups in total. The normalized spacial score (nSPS) is 15.0. The molecule has 0 amide bonds. The van der Waals surface area contributed by atoms with Gasteiger partial charge in [-0.3, -0.25) is 0 Å². The number of nitrogens with one attached hydrogen (secondary N) is 1. The molecule has 0 bridgehead atoms. The van der Waals surface area contributed by atoms with Crippen LogP contribution in [0.2, 0.25) is 0 Å². The Morgan fingerprint density at radius 1 is 1.28 bits per heavy atom. The highest BCUT2D eigenvalue weighted by Gasteiger charge is 2.21. The van der Waals surface area contributed by atoms with Crippen LogP contribution in [-0.4, -0.2) is 15.6 Å². The molecule has 0 atom stereocenters. The van der Waals surface area contributed by atoms with E-state index in [-0.39, 0.29) is 0 Å². The summed E-state index contributed by atoms with van der Waals surface area (Å²) in [6.07, 6.45) is 2.62. The number of nitrogens with zero attached hydrogens (tertiary/aromatic N) is 2. The summed E-state index contributed by atoms with van der Waals surface area (Å²) in [5.41, 5.74) is 4.84. The van der Waals surface area contributed by atoms with Crippen LogP contribution in [0.3, 0.4) is 0 Å². The van der Waals surface area contributed by atoms with E-state index < -0.39 is 0 Å². The predicted molar refractivity (Wildman–Crippen MR) is 74.7 cm³/mol. The lowest BCUT2D eigenvalue weighted by Crippen LogP contribution is -2.14. The fraction of sp³-hybridized carbons (Fsp3) is 0.429. The van der Waals surface area contributed by atoms with Crippen molar-refractivity contribution in [1.82, 2.24) is 14.9 Å². The molecule has 94 valence electrons. The van der Waals surface area contributed by atoms with Gasteiger partial charge in [0, 0.05) is 18.2 Å². The number of hydrogen-bond acceptors (Lipinski definition) is 4. The lowest BCUT2D eigenvalue weighted by atomic mass is 10.0. The first kappa shape index (κ1) is 11.8. The lowest BCUT2D eigenvalue weighted by molar-refractivity contribution is 0.695. The predicted octanol–water partition coefficient (Wildman–Crippen LogP) is 3.07. The molecule has 2 aromatic rings. The van der Waals surface area contributed by atoms with Gasteiger partial charge in [0.15, 0.2) is 0 Å². The Bertz CT molecular complexity index is 558. The minimum atomic E-state index is 0.722. The largest absolute Gasteiger partial charge is 0.309 e. The Kier molecular flexibility index (Phi) is 3.14. The molecule has 18 heavy (non-hydrogen) atoms. The van der Waals surface area contributed by atoms with Gasteiger partial charge in [-0.15, -0.1) is 5.10 Å². The number of benzene rings is 1. The molecule has 1 aliphatic carbocycles. The monoisotopic (exact) mass is 259 g/mol. The van der Waals surface area contributed by atoms with Crippen molar-refractivity contribution in [1.29, 1.82) is 0 Å². The van der Waals surface area contributed by atoms with Gasteiger partial charge in [-0.25, -0.2) is 0 Å². The molecular formula is C14H17N3S. The topological polar surface area (TPSA) is 37.8 Å². The van der Waals surface area contributed by atoms with Gasteiger partial charge >= 0.3 is 0 Å². The van der Waals surface area contributed by atoms with Gasteiger partial charge in [0.1, 0.15) is 5.69 Å². The molecule has 0 saturated heterocycles. The minimum absolute atomic E-state index is 0.722. The van der Waals surface area contributed by atoms with Gasteiger partial charge in [0.05, 0.1) is 4.88 Å². The molecule has 1 aromatic heterocycles. The third-order valence-electron chi connectivity index (χ3n) is 3.46. The zero-order valence-electron chi connectivity index (χ0n) is 10.7. The van der Waals surface area contributed by atoms with Gasteiger partial charge in [-0.05, 0) is 55.4 Å². The lowest BCUT2D eigenvalue weighted by Gasteiger charge is -2.05. The van der Waals surface area contributed by atoms with E-state index in [0.29, 0.717) is 0 Å². The van der Waals surface area contributed by atoms with Crippen LogP contribution in [0.25, 0.3) is 11.3 Å². The van der Waals surface area contributed by atoms with Crippen LogP contribution >= 0.6 is 11.5 Å². The van der Waals surface area contributed by atoms with Crippen LogP contribution in [0.5, 0.6) is 0 Å². The number of hydrogen-bond donors (Lipinski definition) is 1. The summed E-state index contributed by atoms with van der Waals surface area (Å²) < 4.78 is 4.10. The second-order valence-corrected chi connectivity index (χ2v) is 5.84. The van der Waals surface area contributed by atoms with Crippen molar-refractivity contribution in [2.45, 2.75) is 39.3 Å². The van der Waals surface area contributed by atoms with Gasteiger partial charge < -0.3 is 5.32 Å².